The highest BCUT2D eigenvalue weighted by molar-refractivity contribution is 7.90. The highest BCUT2D eigenvalue weighted by Crippen LogP contribution is 2.36. The molecule has 0 fully saturated rings. The SMILES string of the molecule is COc1cc(OC)cc(C(C(=O)NS(=O)(=O)c2ccsc2)c2onc(C)c2Cl)c1. The van der Waals surface area contributed by atoms with E-state index in [1.807, 2.05) is 0 Å². The van der Waals surface area contributed by atoms with Crippen LogP contribution in [0.3, 0.4) is 0 Å². The maximum Gasteiger partial charge on any atom is 0.264 e. The molecular weight excluding hydrogens is 440 g/mol. The summed E-state index contributed by atoms with van der Waals surface area (Å²) in [5, 5.41) is 6.92. The number of aryl methyl sites for hydroxylation is 1. The minimum Gasteiger partial charge on any atom is -0.497 e. The van der Waals surface area contributed by atoms with Crippen molar-refractivity contribution in [3.63, 3.8) is 0 Å². The van der Waals surface area contributed by atoms with Crippen LogP contribution in [0.4, 0.5) is 0 Å². The number of benzene rings is 1. The van der Waals surface area contributed by atoms with E-state index in [-0.39, 0.29) is 15.7 Å². The molecule has 1 atom stereocenters. The molecule has 0 bridgehead atoms. The van der Waals surface area contributed by atoms with Gasteiger partial charge in [-0.05, 0) is 36.1 Å². The maximum absolute atomic E-state index is 13.1. The van der Waals surface area contributed by atoms with Crippen LogP contribution in [-0.4, -0.2) is 33.7 Å². The number of aromatic nitrogens is 1. The van der Waals surface area contributed by atoms with Gasteiger partial charge in [0.2, 0.25) is 5.91 Å². The first kappa shape index (κ1) is 21.2. The van der Waals surface area contributed by atoms with Crippen molar-refractivity contribution in [1.82, 2.24) is 9.88 Å². The summed E-state index contributed by atoms with van der Waals surface area (Å²) < 4.78 is 43.0. The highest BCUT2D eigenvalue weighted by Gasteiger charge is 2.34. The second kappa shape index (κ2) is 8.44. The largest absolute Gasteiger partial charge is 0.497 e. The molecule has 154 valence electrons. The molecule has 0 saturated carbocycles. The molecule has 0 radical (unpaired) electrons. The first-order valence-electron chi connectivity index (χ1n) is 8.20. The Morgan fingerprint density at radius 1 is 1.24 bits per heavy atom. The third-order valence-electron chi connectivity index (χ3n) is 4.09. The van der Waals surface area contributed by atoms with Crippen molar-refractivity contribution in [2.24, 2.45) is 0 Å². The lowest BCUT2D eigenvalue weighted by molar-refractivity contribution is -0.120. The van der Waals surface area contributed by atoms with Gasteiger partial charge in [-0.1, -0.05) is 16.8 Å². The van der Waals surface area contributed by atoms with Gasteiger partial charge in [-0.2, -0.15) is 11.3 Å². The molecule has 0 aliphatic carbocycles. The molecule has 29 heavy (non-hydrogen) atoms. The zero-order chi connectivity index (χ0) is 21.2. The minimum absolute atomic E-state index is 0.0116. The summed E-state index contributed by atoms with van der Waals surface area (Å²) in [4.78, 5) is 13.1. The molecule has 2 aromatic heterocycles. The van der Waals surface area contributed by atoms with Gasteiger partial charge in [0.1, 0.15) is 22.4 Å². The van der Waals surface area contributed by atoms with Crippen LogP contribution in [0.25, 0.3) is 0 Å². The molecule has 1 unspecified atom stereocenters. The Morgan fingerprint density at radius 3 is 2.38 bits per heavy atom. The van der Waals surface area contributed by atoms with Gasteiger partial charge in [0.25, 0.3) is 10.0 Å². The monoisotopic (exact) mass is 456 g/mol. The van der Waals surface area contributed by atoms with Crippen molar-refractivity contribution in [3.8, 4) is 11.5 Å². The van der Waals surface area contributed by atoms with Crippen molar-refractivity contribution < 1.29 is 27.2 Å². The van der Waals surface area contributed by atoms with Crippen molar-refractivity contribution in [2.75, 3.05) is 14.2 Å². The van der Waals surface area contributed by atoms with Crippen LogP contribution in [-0.2, 0) is 14.8 Å². The fraction of sp³-hybridized carbons (Fsp3) is 0.222. The van der Waals surface area contributed by atoms with Crippen LogP contribution in [0, 0.1) is 6.92 Å². The van der Waals surface area contributed by atoms with Crippen LogP contribution in [0.5, 0.6) is 11.5 Å². The minimum atomic E-state index is -4.07. The molecule has 1 N–H and O–H groups in total. The van der Waals surface area contributed by atoms with Crippen LogP contribution < -0.4 is 14.2 Å². The normalized spacial score (nSPS) is 12.4. The Labute approximate surface area is 176 Å². The summed E-state index contributed by atoms with van der Waals surface area (Å²) in [5.41, 5.74) is 0.729. The van der Waals surface area contributed by atoms with E-state index in [4.69, 9.17) is 25.6 Å². The van der Waals surface area contributed by atoms with Gasteiger partial charge in [0.05, 0.1) is 24.8 Å². The van der Waals surface area contributed by atoms with E-state index in [1.54, 1.807) is 30.5 Å². The van der Waals surface area contributed by atoms with E-state index >= 15 is 0 Å². The number of amides is 1. The van der Waals surface area contributed by atoms with E-state index in [0.29, 0.717) is 22.8 Å². The Hall–Kier alpha value is -2.56. The molecule has 2 heterocycles. The molecule has 0 spiro atoms. The molecular formula is C18H17ClN2O6S2. The molecule has 0 saturated heterocycles. The summed E-state index contributed by atoms with van der Waals surface area (Å²) in [7, 11) is -1.15. The van der Waals surface area contributed by atoms with Gasteiger partial charge < -0.3 is 14.0 Å². The fourth-order valence-electron chi connectivity index (χ4n) is 2.63. The Morgan fingerprint density at radius 2 is 1.90 bits per heavy atom. The van der Waals surface area contributed by atoms with Crippen molar-refractivity contribution in [1.29, 1.82) is 0 Å². The van der Waals surface area contributed by atoms with Crippen molar-refractivity contribution in [3.05, 3.63) is 57.1 Å². The van der Waals surface area contributed by atoms with Gasteiger partial charge in [-0.25, -0.2) is 13.1 Å². The highest BCUT2D eigenvalue weighted by atomic mass is 35.5. The first-order chi connectivity index (χ1) is 13.8. The van der Waals surface area contributed by atoms with Crippen molar-refractivity contribution >= 4 is 38.9 Å². The Bertz CT molecular complexity index is 1100. The van der Waals surface area contributed by atoms with Gasteiger partial charge in [-0.3, -0.25) is 4.79 Å². The number of nitrogens with zero attached hydrogens (tertiary/aromatic N) is 1. The molecule has 8 nitrogen and oxygen atoms in total. The van der Waals surface area contributed by atoms with Gasteiger partial charge in [0.15, 0.2) is 5.76 Å². The predicted octanol–water partition coefficient (Wildman–Crippen LogP) is 3.35. The van der Waals surface area contributed by atoms with Crippen LogP contribution in [0.1, 0.15) is 22.9 Å². The van der Waals surface area contributed by atoms with E-state index in [9.17, 15) is 13.2 Å². The Balaban J connectivity index is 2.09. The van der Waals surface area contributed by atoms with E-state index in [0.717, 1.165) is 0 Å². The number of ether oxygens (including phenoxy) is 2. The number of halogens is 1. The zero-order valence-corrected chi connectivity index (χ0v) is 18.0. The summed E-state index contributed by atoms with van der Waals surface area (Å²) in [6, 6.07) is 6.15. The second-order valence-corrected chi connectivity index (χ2v) is 8.79. The van der Waals surface area contributed by atoms with Crippen LogP contribution in [0.15, 0.2) is 44.4 Å². The number of nitrogens with one attached hydrogen (secondary N) is 1. The molecule has 1 amide bonds. The summed E-state index contributed by atoms with van der Waals surface area (Å²) in [6.07, 6.45) is 0. The van der Waals surface area contributed by atoms with Gasteiger partial charge in [0, 0.05) is 11.4 Å². The molecule has 11 heteroatoms. The first-order valence-corrected chi connectivity index (χ1v) is 11.0. The summed E-state index contributed by atoms with van der Waals surface area (Å²) >= 11 is 7.47. The lowest BCUT2D eigenvalue weighted by Crippen LogP contribution is -2.35. The quantitative estimate of drug-likeness (QED) is 0.580. The number of carbonyl (C=O) groups is 1. The van der Waals surface area contributed by atoms with Crippen LogP contribution in [0.2, 0.25) is 5.02 Å². The zero-order valence-electron chi connectivity index (χ0n) is 15.6. The number of methoxy groups -OCH3 is 2. The lowest BCUT2D eigenvalue weighted by atomic mass is 9.95. The number of carbonyl (C=O) groups excluding carboxylic acids is 1. The predicted molar refractivity (Wildman–Crippen MR) is 107 cm³/mol. The average molecular weight is 457 g/mol. The third-order valence-corrected chi connectivity index (χ3v) is 6.72. The molecule has 0 aliphatic heterocycles. The number of sulfonamides is 1. The second-order valence-electron chi connectivity index (χ2n) is 5.95. The molecule has 3 aromatic rings. The molecule has 3 rings (SSSR count). The fourth-order valence-corrected chi connectivity index (χ4v) is 4.83. The van der Waals surface area contributed by atoms with Gasteiger partial charge in [-0.15, -0.1) is 0 Å². The Kier molecular flexibility index (Phi) is 6.15. The van der Waals surface area contributed by atoms with Gasteiger partial charge >= 0.3 is 0 Å². The van der Waals surface area contributed by atoms with E-state index < -0.39 is 21.8 Å². The standard InChI is InChI=1S/C18H17ClN2O6S2/c1-10-16(19)17(27-20-10)15(11-6-12(25-2)8-13(7-11)26-3)18(22)21-29(23,24)14-4-5-28-9-14/h4-9,15H,1-3H3,(H,21,22). The van der Waals surface area contributed by atoms with Crippen molar-refractivity contribution in [2.45, 2.75) is 17.7 Å². The summed E-state index contributed by atoms with van der Waals surface area (Å²) in [6.45, 7) is 1.61. The van der Waals surface area contributed by atoms with E-state index in [1.165, 1.54) is 37.0 Å². The topological polar surface area (TPSA) is 108 Å². The number of thiophene rings is 1. The number of hydrogen-bond acceptors (Lipinski definition) is 8. The number of rotatable bonds is 7. The smallest absolute Gasteiger partial charge is 0.264 e. The van der Waals surface area contributed by atoms with Crippen LogP contribution >= 0.6 is 22.9 Å². The average Bonchev–Trinajstić information content (AvgIpc) is 3.34. The molecule has 0 aliphatic rings. The number of hydrogen-bond donors (Lipinski definition) is 1. The van der Waals surface area contributed by atoms with E-state index in [2.05, 4.69) is 9.88 Å². The lowest BCUT2D eigenvalue weighted by Gasteiger charge is -2.17. The molecule has 1 aromatic carbocycles. The third kappa shape index (κ3) is 4.39. The summed E-state index contributed by atoms with van der Waals surface area (Å²) in [5.74, 6) is -1.24. The maximum atomic E-state index is 13.1.